The fourth-order valence-electron chi connectivity index (χ4n) is 8.26. The summed E-state index contributed by atoms with van der Waals surface area (Å²) < 4.78 is 50.8. The number of hydrogen-bond acceptors (Lipinski definition) is 6. The van der Waals surface area contributed by atoms with Crippen molar-refractivity contribution in [2.24, 2.45) is 11.3 Å². The van der Waals surface area contributed by atoms with Gasteiger partial charge in [-0.2, -0.15) is 13.2 Å². The number of hydrogen-bond donors (Lipinski definition) is 2. The van der Waals surface area contributed by atoms with Crippen LogP contribution in [0, 0.1) is 11.3 Å². The molecule has 3 aliphatic carbocycles. The summed E-state index contributed by atoms with van der Waals surface area (Å²) in [6.07, 6.45) is 4.48. The first kappa shape index (κ1) is 27.0. The van der Waals surface area contributed by atoms with Crippen LogP contribution in [0.5, 0.6) is 11.5 Å². The summed E-state index contributed by atoms with van der Waals surface area (Å²) in [6.45, 7) is 0.896. The first-order chi connectivity index (χ1) is 19.6. The Kier molecular flexibility index (Phi) is 6.50. The summed E-state index contributed by atoms with van der Waals surface area (Å²) in [4.78, 5) is 19.9. The number of nitrogens with zero attached hydrogens (tertiary/aromatic N) is 2. The van der Waals surface area contributed by atoms with Gasteiger partial charge in [0.05, 0.1) is 16.6 Å². The molecule has 41 heavy (non-hydrogen) atoms. The van der Waals surface area contributed by atoms with E-state index in [1.54, 1.807) is 4.90 Å². The predicted molar refractivity (Wildman–Crippen MR) is 143 cm³/mol. The number of carbonyl (C=O) groups excluding carboxylic acids is 1. The maximum absolute atomic E-state index is 14.1. The molecule has 3 atom stereocenters. The third-order valence-corrected chi connectivity index (χ3v) is 10.4. The van der Waals surface area contributed by atoms with Crippen molar-refractivity contribution >= 4 is 5.91 Å². The van der Waals surface area contributed by atoms with Crippen molar-refractivity contribution in [3.05, 3.63) is 52.8 Å². The lowest BCUT2D eigenvalue weighted by Gasteiger charge is -2.39. The van der Waals surface area contributed by atoms with Crippen LogP contribution >= 0.6 is 0 Å². The normalized spacial score (nSPS) is 32.6. The number of carbonyl (C=O) groups is 1. The molecule has 3 saturated carbocycles. The van der Waals surface area contributed by atoms with Crippen LogP contribution in [0.2, 0.25) is 0 Å². The molecule has 220 valence electrons. The lowest BCUT2D eigenvalue weighted by molar-refractivity contribution is -0.144. The van der Waals surface area contributed by atoms with Crippen molar-refractivity contribution in [1.82, 2.24) is 15.2 Å². The van der Waals surface area contributed by atoms with Crippen LogP contribution in [0.1, 0.15) is 80.2 Å². The molecule has 0 saturated heterocycles. The van der Waals surface area contributed by atoms with Crippen molar-refractivity contribution in [2.45, 2.75) is 94.6 Å². The van der Waals surface area contributed by atoms with E-state index in [0.29, 0.717) is 54.5 Å². The van der Waals surface area contributed by atoms with Gasteiger partial charge in [-0.1, -0.05) is 12.5 Å². The number of aromatic nitrogens is 1. The Hall–Kier alpha value is -2.85. The summed E-state index contributed by atoms with van der Waals surface area (Å²) >= 11 is 0. The number of halogens is 3. The van der Waals surface area contributed by atoms with Crippen LogP contribution < -0.4 is 14.8 Å². The van der Waals surface area contributed by atoms with Gasteiger partial charge in [0.15, 0.2) is 11.5 Å². The first-order valence-electron chi connectivity index (χ1n) is 14.9. The Bertz CT molecular complexity index is 1340. The van der Waals surface area contributed by atoms with Crippen LogP contribution in [0.4, 0.5) is 13.2 Å². The zero-order valence-corrected chi connectivity index (χ0v) is 23.0. The van der Waals surface area contributed by atoms with Gasteiger partial charge in [0, 0.05) is 43.5 Å². The van der Waals surface area contributed by atoms with Crippen molar-refractivity contribution in [3.8, 4) is 11.5 Å². The standard InChI is InChI=1S/C31H36F3N3O4/c32-31(33,34)22-12-19-17-37(11-7-25(19)35-16-22)28(38)29-8-1-2-20(29)13-24(15-29)36-23-5-9-30(39,10-6-23)21-3-4-26-27(14-21)41-18-40-26/h3-4,12,14,16,20,23-24,36,39H,1-2,5-11,13,15,17-18H2/t20-,23?,24-,29-,30?/m1/s1. The van der Waals surface area contributed by atoms with Gasteiger partial charge in [-0.15, -0.1) is 0 Å². The molecule has 3 fully saturated rings. The van der Waals surface area contributed by atoms with E-state index in [1.807, 2.05) is 18.2 Å². The van der Waals surface area contributed by atoms with Crippen LogP contribution in [0.3, 0.4) is 0 Å². The first-order valence-corrected chi connectivity index (χ1v) is 14.9. The molecule has 0 unspecified atom stereocenters. The monoisotopic (exact) mass is 571 g/mol. The second kappa shape index (κ2) is 9.87. The van der Waals surface area contributed by atoms with Crippen LogP contribution in [0.25, 0.3) is 0 Å². The van der Waals surface area contributed by atoms with Gasteiger partial charge in [-0.25, -0.2) is 0 Å². The summed E-state index contributed by atoms with van der Waals surface area (Å²) in [5.74, 6) is 1.79. The summed E-state index contributed by atoms with van der Waals surface area (Å²) in [6, 6.07) is 7.34. The maximum atomic E-state index is 14.1. The lowest BCUT2D eigenvalue weighted by Crippen LogP contribution is -2.47. The van der Waals surface area contributed by atoms with E-state index in [4.69, 9.17) is 9.47 Å². The minimum atomic E-state index is -4.45. The number of benzene rings is 1. The molecule has 0 radical (unpaired) electrons. The zero-order chi connectivity index (χ0) is 28.4. The number of fused-ring (bicyclic) bond motifs is 3. The van der Waals surface area contributed by atoms with Gasteiger partial charge >= 0.3 is 6.18 Å². The average molecular weight is 572 g/mol. The van der Waals surface area contributed by atoms with E-state index in [2.05, 4.69) is 10.3 Å². The van der Waals surface area contributed by atoms with Crippen LogP contribution in [0.15, 0.2) is 30.5 Å². The molecule has 3 heterocycles. The highest BCUT2D eigenvalue weighted by Gasteiger charge is 2.56. The smallest absolute Gasteiger partial charge is 0.417 e. The molecule has 2 aromatic rings. The third kappa shape index (κ3) is 4.76. The largest absolute Gasteiger partial charge is 0.454 e. The van der Waals surface area contributed by atoms with Crippen molar-refractivity contribution in [2.75, 3.05) is 13.3 Å². The van der Waals surface area contributed by atoms with E-state index >= 15 is 0 Å². The van der Waals surface area contributed by atoms with Crippen molar-refractivity contribution in [1.29, 1.82) is 0 Å². The zero-order valence-electron chi connectivity index (χ0n) is 23.0. The molecule has 2 N–H and O–H groups in total. The molecule has 10 heteroatoms. The molecular formula is C31H36F3N3O4. The molecule has 0 bridgehead atoms. The number of alkyl halides is 3. The molecule has 2 aliphatic heterocycles. The summed E-state index contributed by atoms with van der Waals surface area (Å²) in [5.41, 5.74) is -0.0620. The van der Waals surface area contributed by atoms with Crippen LogP contribution in [-0.4, -0.2) is 46.3 Å². The second-order valence-corrected chi connectivity index (χ2v) is 12.7. The quantitative estimate of drug-likeness (QED) is 0.533. The minimum Gasteiger partial charge on any atom is -0.454 e. The Balaban J connectivity index is 0.995. The van der Waals surface area contributed by atoms with E-state index in [-0.39, 0.29) is 31.3 Å². The van der Waals surface area contributed by atoms with Gasteiger partial charge in [0.25, 0.3) is 0 Å². The molecule has 7 nitrogen and oxygen atoms in total. The molecule has 0 spiro atoms. The highest BCUT2D eigenvalue weighted by atomic mass is 19.4. The molecule has 1 aromatic carbocycles. The third-order valence-electron chi connectivity index (χ3n) is 10.4. The fourth-order valence-corrected chi connectivity index (χ4v) is 8.26. The Morgan fingerprint density at radius 3 is 2.68 bits per heavy atom. The Labute approximate surface area is 237 Å². The van der Waals surface area contributed by atoms with E-state index < -0.39 is 22.8 Å². The number of ether oxygens (including phenoxy) is 2. The number of rotatable bonds is 4. The van der Waals surface area contributed by atoms with Gasteiger partial charge < -0.3 is 24.8 Å². The van der Waals surface area contributed by atoms with Crippen molar-refractivity contribution in [3.63, 3.8) is 0 Å². The van der Waals surface area contributed by atoms with E-state index in [1.165, 1.54) is 6.07 Å². The lowest BCUT2D eigenvalue weighted by atomic mass is 9.77. The highest BCUT2D eigenvalue weighted by molar-refractivity contribution is 5.84. The van der Waals surface area contributed by atoms with Crippen molar-refractivity contribution < 1.29 is 32.5 Å². The molecule has 1 amide bonds. The van der Waals surface area contributed by atoms with Gasteiger partial charge in [0.1, 0.15) is 0 Å². The topological polar surface area (TPSA) is 83.9 Å². The fraction of sp³-hybridized carbons (Fsp3) is 0.613. The van der Waals surface area contributed by atoms with Gasteiger partial charge in [-0.3, -0.25) is 9.78 Å². The summed E-state index contributed by atoms with van der Waals surface area (Å²) in [5, 5.41) is 15.3. The Morgan fingerprint density at radius 2 is 1.88 bits per heavy atom. The maximum Gasteiger partial charge on any atom is 0.417 e. The molecule has 1 aromatic heterocycles. The molecule has 7 rings (SSSR count). The SMILES string of the molecule is O=C(N1CCc2ncc(C(F)(F)F)cc2C1)[C@@]12CCC[C@@H]1C[C@@H](NC1CCC(O)(c3ccc4c(c3)OCO4)CC1)C2. The van der Waals surface area contributed by atoms with E-state index in [0.717, 1.165) is 56.7 Å². The van der Waals surface area contributed by atoms with Crippen LogP contribution in [-0.2, 0) is 29.5 Å². The predicted octanol–water partition coefficient (Wildman–Crippen LogP) is 5.08. The number of pyridine rings is 1. The van der Waals surface area contributed by atoms with Gasteiger partial charge in [0.2, 0.25) is 12.7 Å². The molecule has 5 aliphatic rings. The summed E-state index contributed by atoms with van der Waals surface area (Å²) in [7, 11) is 0. The average Bonchev–Trinajstić information content (AvgIpc) is 3.67. The van der Waals surface area contributed by atoms with Gasteiger partial charge in [-0.05, 0) is 86.6 Å². The Morgan fingerprint density at radius 1 is 1.07 bits per heavy atom. The minimum absolute atomic E-state index is 0.105. The number of nitrogens with one attached hydrogen (secondary N) is 1. The highest BCUT2D eigenvalue weighted by Crippen LogP contribution is 2.56. The number of aliphatic hydroxyl groups is 1. The number of amides is 1. The van der Waals surface area contributed by atoms with E-state index in [9.17, 15) is 23.1 Å². The second-order valence-electron chi connectivity index (χ2n) is 12.7. The molecular weight excluding hydrogens is 535 g/mol.